The molecule has 1 aliphatic rings. The van der Waals surface area contributed by atoms with E-state index >= 15 is 0 Å². The molecule has 1 unspecified atom stereocenters. The SMILES string of the molecule is C[C@H](NC(CCc1ccccc1)C(=O)O)C(=O)N(CC(=O)O)C1CCCC1. The molecule has 0 spiro atoms. The number of benzene rings is 1. The van der Waals surface area contributed by atoms with Crippen LogP contribution in [0.25, 0.3) is 0 Å². The fraction of sp³-hybridized carbons (Fsp3) is 0.550. The smallest absolute Gasteiger partial charge is 0.323 e. The maximum Gasteiger partial charge on any atom is 0.323 e. The summed E-state index contributed by atoms with van der Waals surface area (Å²) in [6.45, 7) is 1.25. The van der Waals surface area contributed by atoms with Crippen molar-refractivity contribution in [3.05, 3.63) is 35.9 Å². The van der Waals surface area contributed by atoms with Gasteiger partial charge >= 0.3 is 11.9 Å². The lowest BCUT2D eigenvalue weighted by Crippen LogP contribution is -2.54. The van der Waals surface area contributed by atoms with Gasteiger partial charge in [-0.25, -0.2) is 0 Å². The van der Waals surface area contributed by atoms with Crippen molar-refractivity contribution in [1.29, 1.82) is 0 Å². The Hall–Kier alpha value is -2.41. The number of hydrogen-bond acceptors (Lipinski definition) is 4. The van der Waals surface area contributed by atoms with E-state index in [4.69, 9.17) is 5.11 Å². The minimum Gasteiger partial charge on any atom is -0.480 e. The number of carboxylic acid groups (broad SMARTS) is 2. The van der Waals surface area contributed by atoms with E-state index in [1.165, 1.54) is 4.90 Å². The molecule has 1 aromatic carbocycles. The Morgan fingerprint density at radius 2 is 1.78 bits per heavy atom. The summed E-state index contributed by atoms with van der Waals surface area (Å²) in [6, 6.07) is 7.85. The Balaban J connectivity index is 1.99. The van der Waals surface area contributed by atoms with E-state index in [1.54, 1.807) is 6.92 Å². The summed E-state index contributed by atoms with van der Waals surface area (Å²) in [5.41, 5.74) is 1.03. The average molecular weight is 376 g/mol. The highest BCUT2D eigenvalue weighted by Crippen LogP contribution is 2.24. The summed E-state index contributed by atoms with van der Waals surface area (Å²) in [4.78, 5) is 37.0. The molecule has 7 nitrogen and oxygen atoms in total. The number of aliphatic carboxylic acids is 2. The van der Waals surface area contributed by atoms with Crippen LogP contribution in [0.3, 0.4) is 0 Å². The largest absolute Gasteiger partial charge is 0.480 e. The van der Waals surface area contributed by atoms with Crippen LogP contribution in [0.4, 0.5) is 0 Å². The molecule has 7 heteroatoms. The molecule has 1 fully saturated rings. The third-order valence-electron chi connectivity index (χ3n) is 5.04. The zero-order chi connectivity index (χ0) is 19.8. The maximum absolute atomic E-state index is 12.8. The van der Waals surface area contributed by atoms with Crippen LogP contribution in [0.5, 0.6) is 0 Å². The molecule has 1 aliphatic carbocycles. The van der Waals surface area contributed by atoms with E-state index in [9.17, 15) is 19.5 Å². The molecule has 0 aromatic heterocycles. The summed E-state index contributed by atoms with van der Waals surface area (Å²) < 4.78 is 0. The first kappa shape index (κ1) is 20.9. The summed E-state index contributed by atoms with van der Waals surface area (Å²) in [5.74, 6) is -2.42. The number of hydrogen-bond donors (Lipinski definition) is 3. The van der Waals surface area contributed by atoms with E-state index in [-0.39, 0.29) is 18.5 Å². The van der Waals surface area contributed by atoms with Crippen molar-refractivity contribution in [3.8, 4) is 0 Å². The summed E-state index contributed by atoms with van der Waals surface area (Å²) >= 11 is 0. The Labute approximate surface area is 159 Å². The molecule has 0 aliphatic heterocycles. The van der Waals surface area contributed by atoms with Crippen molar-refractivity contribution in [2.24, 2.45) is 0 Å². The molecule has 2 rings (SSSR count). The lowest BCUT2D eigenvalue weighted by molar-refractivity contribution is -0.148. The van der Waals surface area contributed by atoms with Gasteiger partial charge in [-0.3, -0.25) is 19.7 Å². The van der Waals surface area contributed by atoms with Crippen molar-refractivity contribution in [1.82, 2.24) is 10.2 Å². The van der Waals surface area contributed by atoms with Crippen molar-refractivity contribution in [2.75, 3.05) is 6.54 Å². The molecule has 2 atom stereocenters. The van der Waals surface area contributed by atoms with Gasteiger partial charge in [-0.15, -0.1) is 0 Å². The van der Waals surface area contributed by atoms with Crippen LogP contribution in [0.15, 0.2) is 30.3 Å². The predicted molar refractivity (Wildman–Crippen MR) is 100 cm³/mol. The number of aryl methyl sites for hydroxylation is 1. The van der Waals surface area contributed by atoms with E-state index in [0.717, 1.165) is 31.2 Å². The van der Waals surface area contributed by atoms with Crippen molar-refractivity contribution in [2.45, 2.75) is 63.6 Å². The lowest BCUT2D eigenvalue weighted by atomic mass is 10.0. The minimum absolute atomic E-state index is 0.0783. The van der Waals surface area contributed by atoms with Crippen LogP contribution in [0, 0.1) is 0 Å². The minimum atomic E-state index is -1.05. The number of carboxylic acids is 2. The highest BCUT2D eigenvalue weighted by atomic mass is 16.4. The van der Waals surface area contributed by atoms with E-state index in [2.05, 4.69) is 5.32 Å². The van der Waals surface area contributed by atoms with E-state index in [1.807, 2.05) is 30.3 Å². The first-order valence-electron chi connectivity index (χ1n) is 9.43. The maximum atomic E-state index is 12.8. The molecule has 0 saturated heterocycles. The standard InChI is InChI=1S/C20H28N2O5/c1-14(19(25)22(13-18(23)24)16-9-5-6-10-16)21-17(20(26)27)12-11-15-7-3-2-4-8-15/h2-4,7-8,14,16-17,21H,5-6,9-13H2,1H3,(H,23,24)(H,26,27)/t14-,17?/m0/s1. The van der Waals surface area contributed by atoms with Gasteiger partial charge in [0.05, 0.1) is 6.04 Å². The number of carbonyl (C=O) groups is 3. The van der Waals surface area contributed by atoms with Gasteiger partial charge in [-0.05, 0) is 38.2 Å². The molecule has 27 heavy (non-hydrogen) atoms. The Kier molecular flexibility index (Phi) is 7.79. The second kappa shape index (κ2) is 10.1. The molecule has 1 saturated carbocycles. The Morgan fingerprint density at radius 1 is 1.15 bits per heavy atom. The van der Waals surface area contributed by atoms with Gasteiger partial charge in [0.1, 0.15) is 12.6 Å². The van der Waals surface area contributed by atoms with E-state index < -0.39 is 24.0 Å². The van der Waals surface area contributed by atoms with Crippen LogP contribution < -0.4 is 5.32 Å². The van der Waals surface area contributed by atoms with Crippen LogP contribution in [0.2, 0.25) is 0 Å². The highest BCUT2D eigenvalue weighted by Gasteiger charge is 2.32. The van der Waals surface area contributed by atoms with E-state index in [0.29, 0.717) is 12.8 Å². The second-order valence-electron chi connectivity index (χ2n) is 7.10. The highest BCUT2D eigenvalue weighted by molar-refractivity contribution is 5.86. The summed E-state index contributed by atoms with van der Waals surface area (Å²) in [5, 5.41) is 21.5. The number of carbonyl (C=O) groups excluding carboxylic acids is 1. The first-order valence-corrected chi connectivity index (χ1v) is 9.43. The normalized spacial score (nSPS) is 16.6. The van der Waals surface area contributed by atoms with Gasteiger partial charge < -0.3 is 15.1 Å². The predicted octanol–water partition coefficient (Wildman–Crippen LogP) is 1.91. The quantitative estimate of drug-likeness (QED) is 0.576. The summed E-state index contributed by atoms with van der Waals surface area (Å²) in [7, 11) is 0. The van der Waals surface area contributed by atoms with Gasteiger partial charge in [0, 0.05) is 6.04 Å². The first-order chi connectivity index (χ1) is 12.9. The van der Waals surface area contributed by atoms with Crippen molar-refractivity contribution < 1.29 is 24.6 Å². The van der Waals surface area contributed by atoms with Gasteiger partial charge in [-0.1, -0.05) is 43.2 Å². The summed E-state index contributed by atoms with van der Waals surface area (Å²) in [6.07, 6.45) is 4.46. The zero-order valence-electron chi connectivity index (χ0n) is 15.6. The van der Waals surface area contributed by atoms with Crippen LogP contribution in [-0.2, 0) is 20.8 Å². The Morgan fingerprint density at radius 3 is 2.33 bits per heavy atom. The van der Waals surface area contributed by atoms with Crippen molar-refractivity contribution in [3.63, 3.8) is 0 Å². The third-order valence-corrected chi connectivity index (χ3v) is 5.04. The van der Waals surface area contributed by atoms with Gasteiger partial charge in [0.25, 0.3) is 0 Å². The molecular weight excluding hydrogens is 348 g/mol. The number of rotatable bonds is 10. The van der Waals surface area contributed by atoms with Crippen molar-refractivity contribution >= 4 is 17.8 Å². The van der Waals surface area contributed by atoms with Gasteiger partial charge in [-0.2, -0.15) is 0 Å². The fourth-order valence-electron chi connectivity index (χ4n) is 3.60. The van der Waals surface area contributed by atoms with Crippen LogP contribution >= 0.6 is 0 Å². The number of amides is 1. The molecule has 148 valence electrons. The lowest BCUT2D eigenvalue weighted by Gasteiger charge is -2.31. The molecule has 1 aromatic rings. The monoisotopic (exact) mass is 376 g/mol. The molecule has 3 N–H and O–H groups in total. The average Bonchev–Trinajstić information content (AvgIpc) is 3.17. The van der Waals surface area contributed by atoms with Gasteiger partial charge in [0.2, 0.25) is 5.91 Å². The molecule has 0 bridgehead atoms. The van der Waals surface area contributed by atoms with Crippen LogP contribution in [-0.4, -0.2) is 57.6 Å². The number of nitrogens with zero attached hydrogens (tertiary/aromatic N) is 1. The molecular formula is C20H28N2O5. The second-order valence-corrected chi connectivity index (χ2v) is 7.10. The number of nitrogens with one attached hydrogen (secondary N) is 1. The zero-order valence-corrected chi connectivity index (χ0v) is 15.6. The fourth-order valence-corrected chi connectivity index (χ4v) is 3.60. The topological polar surface area (TPSA) is 107 Å². The third kappa shape index (κ3) is 6.36. The Bertz CT molecular complexity index is 643. The molecule has 0 heterocycles. The van der Waals surface area contributed by atoms with Gasteiger partial charge in [0.15, 0.2) is 0 Å². The van der Waals surface area contributed by atoms with Crippen LogP contribution in [0.1, 0.15) is 44.6 Å². The molecule has 1 amide bonds. The molecule has 0 radical (unpaired) electrons.